The predicted molar refractivity (Wildman–Crippen MR) is 62.5 cm³/mol. The first-order valence-electron chi connectivity index (χ1n) is 5.94. The van der Waals surface area contributed by atoms with Crippen molar-refractivity contribution in [1.82, 2.24) is 0 Å². The van der Waals surface area contributed by atoms with E-state index in [0.717, 1.165) is 25.3 Å². The molecule has 0 fully saturated rings. The molecule has 0 saturated heterocycles. The zero-order valence-electron chi connectivity index (χ0n) is 9.57. The summed E-state index contributed by atoms with van der Waals surface area (Å²) in [6.45, 7) is 0. The molecule has 1 aliphatic carbocycles. The second kappa shape index (κ2) is 5.41. The summed E-state index contributed by atoms with van der Waals surface area (Å²) < 4.78 is 26.4. The summed E-state index contributed by atoms with van der Waals surface area (Å²) in [5.74, 6) is -1.53. The Labute approximate surface area is 99.8 Å². The lowest BCUT2D eigenvalue weighted by atomic mass is 9.86. The second-order valence-electron chi connectivity index (χ2n) is 4.53. The largest absolute Gasteiger partial charge is 0.392 e. The van der Waals surface area contributed by atoms with E-state index in [-0.39, 0.29) is 17.9 Å². The van der Waals surface area contributed by atoms with Gasteiger partial charge in [-0.2, -0.15) is 0 Å². The Morgan fingerprint density at radius 3 is 2.82 bits per heavy atom. The highest BCUT2D eigenvalue weighted by molar-refractivity contribution is 5.20. The molecule has 1 aromatic rings. The van der Waals surface area contributed by atoms with Gasteiger partial charge in [-0.3, -0.25) is 0 Å². The number of halogens is 2. The van der Waals surface area contributed by atoms with Crippen molar-refractivity contribution >= 4 is 0 Å². The number of aliphatic hydroxyl groups is 1. The third-order valence-electron chi connectivity index (χ3n) is 3.31. The van der Waals surface area contributed by atoms with Gasteiger partial charge in [0.1, 0.15) is 0 Å². The summed E-state index contributed by atoms with van der Waals surface area (Å²) in [6.07, 6.45) is 6.39. The minimum absolute atomic E-state index is 0.155. The van der Waals surface area contributed by atoms with Gasteiger partial charge in [0.05, 0.1) is 6.10 Å². The summed E-state index contributed by atoms with van der Waals surface area (Å²) in [5.41, 5.74) is 0.257. The third kappa shape index (κ3) is 2.91. The molecule has 1 aliphatic rings. The highest BCUT2D eigenvalue weighted by Crippen LogP contribution is 2.24. The predicted octanol–water partition coefficient (Wildman–Crippen LogP) is 3.22. The molecule has 2 atom stereocenters. The van der Waals surface area contributed by atoms with Crippen molar-refractivity contribution in [3.63, 3.8) is 0 Å². The Balaban J connectivity index is 2.04. The van der Waals surface area contributed by atoms with E-state index in [1.54, 1.807) is 0 Å². The molecule has 0 aliphatic heterocycles. The first kappa shape index (κ1) is 12.2. The smallest absolute Gasteiger partial charge is 0.162 e. The zero-order valence-corrected chi connectivity index (χ0v) is 9.57. The van der Waals surface area contributed by atoms with Gasteiger partial charge in [0.15, 0.2) is 11.6 Å². The molecule has 1 N–H and O–H groups in total. The van der Waals surface area contributed by atoms with Gasteiger partial charge in [0.25, 0.3) is 0 Å². The molecule has 0 amide bonds. The van der Waals surface area contributed by atoms with Crippen LogP contribution in [0.25, 0.3) is 0 Å². The van der Waals surface area contributed by atoms with Crippen LogP contribution in [0.3, 0.4) is 0 Å². The maximum Gasteiger partial charge on any atom is 0.162 e. The molecule has 92 valence electrons. The van der Waals surface area contributed by atoms with Crippen LogP contribution in [0.1, 0.15) is 24.8 Å². The van der Waals surface area contributed by atoms with E-state index in [2.05, 4.69) is 6.08 Å². The average Bonchev–Trinajstić information content (AvgIpc) is 2.36. The maximum atomic E-state index is 13.4. The van der Waals surface area contributed by atoms with Gasteiger partial charge in [0.2, 0.25) is 0 Å². The minimum atomic E-state index is -0.849. The Morgan fingerprint density at radius 1 is 1.29 bits per heavy atom. The topological polar surface area (TPSA) is 20.2 Å². The van der Waals surface area contributed by atoms with Crippen molar-refractivity contribution in [3.8, 4) is 0 Å². The van der Waals surface area contributed by atoms with Crippen molar-refractivity contribution in [3.05, 3.63) is 47.5 Å². The molecule has 17 heavy (non-hydrogen) atoms. The molecular formula is C14H16F2O. The van der Waals surface area contributed by atoms with Crippen molar-refractivity contribution < 1.29 is 13.9 Å². The highest BCUT2D eigenvalue weighted by Gasteiger charge is 2.21. The minimum Gasteiger partial charge on any atom is -0.392 e. The molecule has 2 rings (SSSR count). The second-order valence-corrected chi connectivity index (χ2v) is 4.53. The van der Waals surface area contributed by atoms with Gasteiger partial charge in [0, 0.05) is 6.42 Å². The molecule has 1 aromatic carbocycles. The number of aliphatic hydroxyl groups excluding tert-OH is 1. The first-order valence-corrected chi connectivity index (χ1v) is 5.94. The van der Waals surface area contributed by atoms with Crippen LogP contribution >= 0.6 is 0 Å². The van der Waals surface area contributed by atoms with Crippen LogP contribution in [0.5, 0.6) is 0 Å². The number of hydrogen-bond donors (Lipinski definition) is 1. The van der Waals surface area contributed by atoms with Gasteiger partial charge in [-0.05, 0) is 36.8 Å². The number of allylic oxidation sites excluding steroid dienone is 2. The maximum absolute atomic E-state index is 13.4. The Kier molecular flexibility index (Phi) is 3.89. The van der Waals surface area contributed by atoms with E-state index in [0.29, 0.717) is 0 Å². The molecular weight excluding hydrogens is 222 g/mol. The van der Waals surface area contributed by atoms with Crippen molar-refractivity contribution in [2.45, 2.75) is 31.8 Å². The fourth-order valence-corrected chi connectivity index (χ4v) is 2.26. The van der Waals surface area contributed by atoms with Crippen LogP contribution in [-0.2, 0) is 6.42 Å². The molecule has 2 unspecified atom stereocenters. The van der Waals surface area contributed by atoms with E-state index in [1.165, 1.54) is 12.1 Å². The lowest BCUT2D eigenvalue weighted by Gasteiger charge is -2.23. The number of hydrogen-bond acceptors (Lipinski definition) is 1. The quantitative estimate of drug-likeness (QED) is 0.802. The summed E-state index contributed by atoms with van der Waals surface area (Å²) in [4.78, 5) is 0. The van der Waals surface area contributed by atoms with Crippen LogP contribution in [0.15, 0.2) is 30.4 Å². The Morgan fingerprint density at radius 2 is 2.12 bits per heavy atom. The molecule has 0 aromatic heterocycles. The number of rotatable bonds is 3. The van der Waals surface area contributed by atoms with Gasteiger partial charge in [-0.25, -0.2) is 8.78 Å². The molecule has 0 spiro atoms. The van der Waals surface area contributed by atoms with E-state index in [9.17, 15) is 13.9 Å². The van der Waals surface area contributed by atoms with Gasteiger partial charge in [-0.15, -0.1) is 0 Å². The summed E-state index contributed by atoms with van der Waals surface area (Å²) in [6, 6.07) is 4.09. The van der Waals surface area contributed by atoms with Crippen molar-refractivity contribution in [2.75, 3.05) is 0 Å². The standard InChI is InChI=1S/C14H16F2O/c15-12-8-4-7-11(14(12)16)9-13(17)10-5-2-1-3-6-10/h1-2,4,7-8,10,13,17H,3,5-6,9H2. The fourth-order valence-electron chi connectivity index (χ4n) is 2.26. The van der Waals surface area contributed by atoms with Crippen LogP contribution in [0.2, 0.25) is 0 Å². The van der Waals surface area contributed by atoms with Crippen LogP contribution < -0.4 is 0 Å². The molecule has 0 bridgehead atoms. The lowest BCUT2D eigenvalue weighted by molar-refractivity contribution is 0.101. The summed E-state index contributed by atoms with van der Waals surface area (Å²) in [5, 5.41) is 10.0. The zero-order chi connectivity index (χ0) is 12.3. The Bertz CT molecular complexity index is 415. The third-order valence-corrected chi connectivity index (χ3v) is 3.31. The van der Waals surface area contributed by atoms with E-state index in [4.69, 9.17) is 0 Å². The fraction of sp³-hybridized carbons (Fsp3) is 0.429. The van der Waals surface area contributed by atoms with Crippen molar-refractivity contribution in [2.24, 2.45) is 5.92 Å². The molecule has 0 radical (unpaired) electrons. The highest BCUT2D eigenvalue weighted by atomic mass is 19.2. The van der Waals surface area contributed by atoms with E-state index in [1.807, 2.05) is 6.08 Å². The van der Waals surface area contributed by atoms with Crippen molar-refractivity contribution in [1.29, 1.82) is 0 Å². The van der Waals surface area contributed by atoms with Crippen LogP contribution in [0.4, 0.5) is 8.78 Å². The molecule has 1 nitrogen and oxygen atoms in total. The summed E-state index contributed by atoms with van der Waals surface area (Å²) in [7, 11) is 0. The summed E-state index contributed by atoms with van der Waals surface area (Å²) >= 11 is 0. The monoisotopic (exact) mass is 238 g/mol. The average molecular weight is 238 g/mol. The van der Waals surface area contributed by atoms with Gasteiger partial charge < -0.3 is 5.11 Å². The molecule has 0 heterocycles. The Hall–Kier alpha value is -1.22. The lowest BCUT2D eigenvalue weighted by Crippen LogP contribution is -2.24. The molecule has 0 saturated carbocycles. The normalized spacial score (nSPS) is 21.5. The van der Waals surface area contributed by atoms with Gasteiger partial charge in [-0.1, -0.05) is 24.3 Å². The first-order chi connectivity index (χ1) is 8.18. The SMILES string of the molecule is OC(Cc1cccc(F)c1F)C1CC=CCC1. The van der Waals surface area contributed by atoms with E-state index < -0.39 is 17.7 Å². The number of benzene rings is 1. The van der Waals surface area contributed by atoms with E-state index >= 15 is 0 Å². The van der Waals surface area contributed by atoms with Crippen LogP contribution in [-0.4, -0.2) is 11.2 Å². The van der Waals surface area contributed by atoms with Crippen LogP contribution in [0, 0.1) is 17.6 Å². The van der Waals surface area contributed by atoms with Gasteiger partial charge >= 0.3 is 0 Å². The molecule has 3 heteroatoms.